The molecule has 0 aliphatic heterocycles. The van der Waals surface area contributed by atoms with Gasteiger partial charge in [-0.1, -0.05) is 0 Å². The first kappa shape index (κ1) is 11.9. The second-order valence-electron chi connectivity index (χ2n) is 4.38. The van der Waals surface area contributed by atoms with E-state index >= 15 is 0 Å². The normalized spacial score (nSPS) is 17.1. The Morgan fingerprint density at radius 2 is 2.00 bits per heavy atom. The summed E-state index contributed by atoms with van der Waals surface area (Å²) in [6.07, 6.45) is 2.60. The molecule has 0 saturated heterocycles. The monoisotopic (exact) mass is 238 g/mol. The van der Waals surface area contributed by atoms with Crippen LogP contribution in [0.4, 0.5) is 14.9 Å². The molecule has 17 heavy (non-hydrogen) atoms. The van der Waals surface area contributed by atoms with Crippen LogP contribution in [0, 0.1) is 5.82 Å². The zero-order chi connectivity index (χ0) is 12.3. The Balaban J connectivity index is 1.91. The fraction of sp³-hybridized carbons (Fsp3) is 0.417. The molecular formula is C12H15FN2O2. The van der Waals surface area contributed by atoms with Crippen LogP contribution in [-0.2, 0) is 0 Å². The van der Waals surface area contributed by atoms with Crippen molar-refractivity contribution in [2.75, 3.05) is 11.9 Å². The fourth-order valence-electron chi connectivity index (χ4n) is 1.86. The number of nitrogens with one attached hydrogen (secondary N) is 2. The highest BCUT2D eigenvalue weighted by molar-refractivity contribution is 5.89. The first-order valence-electron chi connectivity index (χ1n) is 5.59. The Labute approximate surface area is 98.8 Å². The molecule has 0 unspecified atom stereocenters. The Morgan fingerprint density at radius 3 is 2.47 bits per heavy atom. The second-order valence-corrected chi connectivity index (χ2v) is 4.38. The highest BCUT2D eigenvalue weighted by Crippen LogP contribution is 2.31. The van der Waals surface area contributed by atoms with E-state index in [1.165, 1.54) is 24.3 Å². The highest BCUT2D eigenvalue weighted by atomic mass is 19.1. The summed E-state index contributed by atoms with van der Waals surface area (Å²) in [5.74, 6) is -0.346. The van der Waals surface area contributed by atoms with E-state index < -0.39 is 5.54 Å². The molecule has 0 radical (unpaired) electrons. The number of hydrogen-bond donors (Lipinski definition) is 3. The zero-order valence-corrected chi connectivity index (χ0v) is 9.37. The lowest BCUT2D eigenvalue weighted by Gasteiger charge is -2.40. The van der Waals surface area contributed by atoms with Gasteiger partial charge in [-0.05, 0) is 43.5 Å². The molecule has 0 heterocycles. The molecule has 2 rings (SSSR count). The Hall–Kier alpha value is -1.62. The standard InChI is InChI=1S/C12H15FN2O2/c13-9-2-4-10(5-3-9)14-11(17)15-12(8-16)6-1-7-12/h2-5,16H,1,6-8H2,(H2,14,15,17). The minimum Gasteiger partial charge on any atom is -0.394 e. The average Bonchev–Trinajstić information content (AvgIpc) is 2.27. The first-order valence-corrected chi connectivity index (χ1v) is 5.59. The number of benzene rings is 1. The number of aliphatic hydroxyl groups is 1. The molecule has 1 aliphatic rings. The number of anilines is 1. The van der Waals surface area contributed by atoms with E-state index in [-0.39, 0.29) is 18.5 Å². The Morgan fingerprint density at radius 1 is 1.35 bits per heavy atom. The van der Waals surface area contributed by atoms with Crippen molar-refractivity contribution in [1.82, 2.24) is 5.32 Å². The van der Waals surface area contributed by atoms with E-state index in [0.717, 1.165) is 19.3 Å². The number of rotatable bonds is 3. The molecule has 0 spiro atoms. The van der Waals surface area contributed by atoms with Crippen LogP contribution in [0.25, 0.3) is 0 Å². The summed E-state index contributed by atoms with van der Waals surface area (Å²) >= 11 is 0. The molecule has 1 aromatic rings. The molecule has 3 N–H and O–H groups in total. The van der Waals surface area contributed by atoms with Crippen LogP contribution in [0.15, 0.2) is 24.3 Å². The van der Waals surface area contributed by atoms with E-state index in [9.17, 15) is 14.3 Å². The number of urea groups is 1. The Bertz CT molecular complexity index is 396. The summed E-state index contributed by atoms with van der Waals surface area (Å²) < 4.78 is 12.7. The molecular weight excluding hydrogens is 223 g/mol. The lowest BCUT2D eigenvalue weighted by molar-refractivity contribution is 0.0984. The quantitative estimate of drug-likeness (QED) is 0.752. The van der Waals surface area contributed by atoms with Crippen molar-refractivity contribution in [2.45, 2.75) is 24.8 Å². The smallest absolute Gasteiger partial charge is 0.319 e. The highest BCUT2D eigenvalue weighted by Gasteiger charge is 2.37. The van der Waals surface area contributed by atoms with Gasteiger partial charge in [-0.2, -0.15) is 0 Å². The predicted molar refractivity (Wildman–Crippen MR) is 62.2 cm³/mol. The average molecular weight is 238 g/mol. The predicted octanol–water partition coefficient (Wildman–Crippen LogP) is 1.86. The number of carbonyl (C=O) groups is 1. The van der Waals surface area contributed by atoms with Gasteiger partial charge < -0.3 is 15.7 Å². The van der Waals surface area contributed by atoms with Gasteiger partial charge in [-0.25, -0.2) is 9.18 Å². The van der Waals surface area contributed by atoms with Crippen LogP contribution < -0.4 is 10.6 Å². The van der Waals surface area contributed by atoms with Gasteiger partial charge in [0.1, 0.15) is 5.82 Å². The molecule has 1 aliphatic carbocycles. The molecule has 92 valence electrons. The third-order valence-electron chi connectivity index (χ3n) is 3.09. The molecule has 1 saturated carbocycles. The van der Waals surface area contributed by atoms with Crippen molar-refractivity contribution < 1.29 is 14.3 Å². The maximum absolute atomic E-state index is 12.7. The Kier molecular flexibility index (Phi) is 3.28. The number of halogens is 1. The summed E-state index contributed by atoms with van der Waals surface area (Å²) in [6, 6.07) is 5.16. The molecule has 0 bridgehead atoms. The summed E-state index contributed by atoms with van der Waals surface area (Å²) in [6.45, 7) is -0.0517. The third kappa shape index (κ3) is 2.74. The SMILES string of the molecule is O=C(Nc1ccc(F)cc1)NC1(CO)CCC1. The van der Waals surface area contributed by atoms with Gasteiger partial charge in [-0.3, -0.25) is 0 Å². The molecule has 1 aromatic carbocycles. The van der Waals surface area contributed by atoms with E-state index in [2.05, 4.69) is 10.6 Å². The van der Waals surface area contributed by atoms with Gasteiger partial charge >= 0.3 is 6.03 Å². The molecule has 0 atom stereocenters. The van der Waals surface area contributed by atoms with Crippen LogP contribution in [-0.4, -0.2) is 23.3 Å². The molecule has 2 amide bonds. The van der Waals surface area contributed by atoms with Crippen LogP contribution in [0.2, 0.25) is 0 Å². The summed E-state index contributed by atoms with van der Waals surface area (Å²) in [5.41, 5.74) is 0.0562. The summed E-state index contributed by atoms with van der Waals surface area (Å²) in [5, 5.41) is 14.5. The number of amides is 2. The van der Waals surface area contributed by atoms with Gasteiger partial charge in [0.15, 0.2) is 0 Å². The largest absolute Gasteiger partial charge is 0.394 e. The topological polar surface area (TPSA) is 61.4 Å². The van der Waals surface area contributed by atoms with Gasteiger partial charge in [0, 0.05) is 5.69 Å². The molecule has 0 aromatic heterocycles. The molecule has 5 heteroatoms. The first-order chi connectivity index (χ1) is 8.13. The third-order valence-corrected chi connectivity index (χ3v) is 3.09. The number of hydrogen-bond acceptors (Lipinski definition) is 2. The van der Waals surface area contributed by atoms with Gasteiger partial charge in [0.05, 0.1) is 12.1 Å². The lowest BCUT2D eigenvalue weighted by atomic mass is 9.77. The zero-order valence-electron chi connectivity index (χ0n) is 9.37. The van der Waals surface area contributed by atoms with Crippen LogP contribution >= 0.6 is 0 Å². The van der Waals surface area contributed by atoms with Crippen molar-refractivity contribution in [1.29, 1.82) is 0 Å². The van der Waals surface area contributed by atoms with Crippen molar-refractivity contribution >= 4 is 11.7 Å². The van der Waals surface area contributed by atoms with E-state index in [1.54, 1.807) is 0 Å². The maximum atomic E-state index is 12.7. The van der Waals surface area contributed by atoms with E-state index in [1.807, 2.05) is 0 Å². The van der Waals surface area contributed by atoms with Crippen molar-refractivity contribution in [2.24, 2.45) is 0 Å². The van der Waals surface area contributed by atoms with Crippen molar-refractivity contribution in [3.63, 3.8) is 0 Å². The van der Waals surface area contributed by atoms with E-state index in [0.29, 0.717) is 5.69 Å². The summed E-state index contributed by atoms with van der Waals surface area (Å²) in [7, 11) is 0. The number of carbonyl (C=O) groups excluding carboxylic acids is 1. The van der Waals surface area contributed by atoms with Crippen molar-refractivity contribution in [3.8, 4) is 0 Å². The van der Waals surface area contributed by atoms with Gasteiger partial charge in [-0.15, -0.1) is 0 Å². The van der Waals surface area contributed by atoms with Crippen LogP contribution in [0.5, 0.6) is 0 Å². The van der Waals surface area contributed by atoms with Gasteiger partial charge in [0.25, 0.3) is 0 Å². The van der Waals surface area contributed by atoms with Crippen LogP contribution in [0.3, 0.4) is 0 Å². The second kappa shape index (κ2) is 4.71. The van der Waals surface area contributed by atoms with Crippen LogP contribution in [0.1, 0.15) is 19.3 Å². The maximum Gasteiger partial charge on any atom is 0.319 e. The fourth-order valence-corrected chi connectivity index (χ4v) is 1.86. The van der Waals surface area contributed by atoms with E-state index in [4.69, 9.17) is 0 Å². The van der Waals surface area contributed by atoms with Gasteiger partial charge in [0.2, 0.25) is 0 Å². The molecule has 4 nitrogen and oxygen atoms in total. The molecule has 1 fully saturated rings. The minimum atomic E-state index is -0.468. The number of aliphatic hydroxyl groups excluding tert-OH is 1. The summed E-state index contributed by atoms with van der Waals surface area (Å²) in [4.78, 5) is 11.6. The minimum absolute atomic E-state index is 0.0517. The lowest BCUT2D eigenvalue weighted by Crippen LogP contribution is -2.57. The van der Waals surface area contributed by atoms with Crippen molar-refractivity contribution in [3.05, 3.63) is 30.1 Å².